The highest BCUT2D eigenvalue weighted by Gasteiger charge is 2.24. The molecule has 1 aliphatic heterocycles. The van der Waals surface area contributed by atoms with Gasteiger partial charge in [-0.1, -0.05) is 11.3 Å². The van der Waals surface area contributed by atoms with Crippen LogP contribution in [-0.2, 0) is 4.74 Å². The Bertz CT molecular complexity index is 987. The first-order valence-corrected chi connectivity index (χ1v) is 10.4. The molecule has 0 radical (unpaired) electrons. The molecule has 2 aromatic carbocycles. The van der Waals surface area contributed by atoms with Gasteiger partial charge in [-0.05, 0) is 42.5 Å². The number of aromatic nitrogens is 1. The second-order valence-electron chi connectivity index (χ2n) is 6.91. The van der Waals surface area contributed by atoms with Gasteiger partial charge in [0.1, 0.15) is 24.7 Å². The summed E-state index contributed by atoms with van der Waals surface area (Å²) in [6.07, 6.45) is 0. The van der Waals surface area contributed by atoms with Gasteiger partial charge >= 0.3 is 0 Å². The molecule has 4 rings (SSSR count). The van der Waals surface area contributed by atoms with Crippen LogP contribution in [0.1, 0.15) is 10.4 Å². The van der Waals surface area contributed by atoms with Gasteiger partial charge in [-0.3, -0.25) is 9.69 Å². The minimum Gasteiger partial charge on any atom is -0.497 e. The number of anilines is 1. The van der Waals surface area contributed by atoms with E-state index in [4.69, 9.17) is 9.47 Å². The smallest absolute Gasteiger partial charge is 0.260 e. The van der Waals surface area contributed by atoms with E-state index in [1.54, 1.807) is 12.0 Å². The van der Waals surface area contributed by atoms with Gasteiger partial charge in [-0.25, -0.2) is 9.37 Å². The number of quaternary nitrogens is 1. The predicted octanol–water partition coefficient (Wildman–Crippen LogP) is 2.01. The van der Waals surface area contributed by atoms with Crippen LogP contribution in [0.25, 0.3) is 10.2 Å². The maximum atomic E-state index is 13.3. The van der Waals surface area contributed by atoms with Crippen LogP contribution in [0.4, 0.5) is 9.52 Å². The molecule has 152 valence electrons. The van der Waals surface area contributed by atoms with Crippen LogP contribution in [0, 0.1) is 5.82 Å². The third-order valence-electron chi connectivity index (χ3n) is 5.04. The van der Waals surface area contributed by atoms with Crippen molar-refractivity contribution < 1.29 is 23.6 Å². The van der Waals surface area contributed by atoms with Gasteiger partial charge in [0.15, 0.2) is 5.13 Å². The Kier molecular flexibility index (Phi) is 6.03. The van der Waals surface area contributed by atoms with Gasteiger partial charge in [0.25, 0.3) is 5.91 Å². The summed E-state index contributed by atoms with van der Waals surface area (Å²) in [6, 6.07) is 11.3. The molecule has 29 heavy (non-hydrogen) atoms. The van der Waals surface area contributed by atoms with Gasteiger partial charge < -0.3 is 14.4 Å². The van der Waals surface area contributed by atoms with E-state index in [-0.39, 0.29) is 11.7 Å². The average molecular weight is 416 g/mol. The maximum Gasteiger partial charge on any atom is 0.260 e. The third kappa shape index (κ3) is 4.55. The Morgan fingerprint density at radius 1 is 1.24 bits per heavy atom. The zero-order valence-corrected chi connectivity index (χ0v) is 17.0. The Morgan fingerprint density at radius 3 is 2.72 bits per heavy atom. The van der Waals surface area contributed by atoms with E-state index in [1.807, 2.05) is 18.2 Å². The van der Waals surface area contributed by atoms with Gasteiger partial charge in [0, 0.05) is 5.56 Å². The summed E-state index contributed by atoms with van der Waals surface area (Å²) in [5, 5.41) is 0.634. The van der Waals surface area contributed by atoms with Crippen LogP contribution in [0.15, 0.2) is 42.5 Å². The molecule has 0 unspecified atom stereocenters. The summed E-state index contributed by atoms with van der Waals surface area (Å²) in [5.41, 5.74) is 1.27. The number of nitrogens with zero attached hydrogens (tertiary/aromatic N) is 2. The van der Waals surface area contributed by atoms with E-state index < -0.39 is 0 Å². The lowest BCUT2D eigenvalue weighted by Gasteiger charge is -2.26. The van der Waals surface area contributed by atoms with E-state index in [2.05, 4.69) is 4.98 Å². The fourth-order valence-corrected chi connectivity index (χ4v) is 4.37. The minimum atomic E-state index is -0.363. The summed E-state index contributed by atoms with van der Waals surface area (Å²) in [7, 11) is 1.62. The fraction of sp³-hybridized carbons (Fsp3) is 0.333. The van der Waals surface area contributed by atoms with Crippen molar-refractivity contribution in [3.8, 4) is 5.75 Å². The highest BCUT2D eigenvalue weighted by molar-refractivity contribution is 7.22. The molecule has 8 heteroatoms. The molecule has 0 aliphatic carbocycles. The molecule has 1 saturated heterocycles. The van der Waals surface area contributed by atoms with Gasteiger partial charge in [0.2, 0.25) is 0 Å². The average Bonchev–Trinajstić information content (AvgIpc) is 3.17. The summed E-state index contributed by atoms with van der Waals surface area (Å²) in [5.74, 6) is 0.212. The second-order valence-corrected chi connectivity index (χ2v) is 7.92. The van der Waals surface area contributed by atoms with Crippen LogP contribution in [0.3, 0.4) is 0 Å². The van der Waals surface area contributed by atoms with Crippen LogP contribution >= 0.6 is 11.3 Å². The normalized spacial score (nSPS) is 14.8. The summed E-state index contributed by atoms with van der Waals surface area (Å²) < 4.78 is 25.0. The number of nitrogens with one attached hydrogen (secondary N) is 1. The van der Waals surface area contributed by atoms with Crippen molar-refractivity contribution in [1.29, 1.82) is 0 Å². The number of rotatable bonds is 6. The Hall–Kier alpha value is -2.55. The van der Waals surface area contributed by atoms with Crippen molar-refractivity contribution in [2.45, 2.75) is 0 Å². The molecule has 1 aromatic heterocycles. The molecular formula is C21H23FN3O3S+. The Labute approximate surface area is 172 Å². The molecule has 3 aromatic rings. The number of amides is 1. The number of benzene rings is 2. The second kappa shape index (κ2) is 8.86. The lowest BCUT2D eigenvalue weighted by Crippen LogP contribution is -3.14. The van der Waals surface area contributed by atoms with Crippen LogP contribution in [0.2, 0.25) is 0 Å². The lowest BCUT2D eigenvalue weighted by molar-refractivity contribution is -0.906. The zero-order valence-electron chi connectivity index (χ0n) is 16.2. The first-order chi connectivity index (χ1) is 14.1. The van der Waals surface area contributed by atoms with Crippen molar-refractivity contribution in [1.82, 2.24) is 4.98 Å². The lowest BCUT2D eigenvalue weighted by atomic mass is 10.2. The number of hydrogen-bond acceptors (Lipinski definition) is 5. The van der Waals surface area contributed by atoms with Crippen molar-refractivity contribution in [2.24, 2.45) is 0 Å². The summed E-state index contributed by atoms with van der Waals surface area (Å²) >= 11 is 1.45. The molecule has 0 spiro atoms. The number of carbonyl (C=O) groups excluding carboxylic acids is 1. The fourth-order valence-electron chi connectivity index (χ4n) is 3.35. The maximum absolute atomic E-state index is 13.3. The molecule has 6 nitrogen and oxygen atoms in total. The third-order valence-corrected chi connectivity index (χ3v) is 6.08. The number of fused-ring (bicyclic) bond motifs is 1. The topological polar surface area (TPSA) is 56.1 Å². The van der Waals surface area contributed by atoms with Crippen LogP contribution < -0.4 is 14.5 Å². The summed E-state index contributed by atoms with van der Waals surface area (Å²) in [4.78, 5) is 21.0. The van der Waals surface area contributed by atoms with Gasteiger partial charge in [0.05, 0.1) is 43.6 Å². The van der Waals surface area contributed by atoms with Crippen molar-refractivity contribution in [3.05, 3.63) is 53.8 Å². The van der Waals surface area contributed by atoms with Gasteiger partial charge in [-0.2, -0.15) is 0 Å². The van der Waals surface area contributed by atoms with E-state index in [0.717, 1.165) is 48.8 Å². The van der Waals surface area contributed by atoms with E-state index in [9.17, 15) is 9.18 Å². The van der Waals surface area contributed by atoms with Crippen LogP contribution in [0.5, 0.6) is 5.75 Å². The quantitative estimate of drug-likeness (QED) is 0.668. The number of carbonyl (C=O) groups is 1. The molecule has 0 bridgehead atoms. The highest BCUT2D eigenvalue weighted by Crippen LogP contribution is 2.32. The largest absolute Gasteiger partial charge is 0.497 e. The number of halogens is 1. The standard InChI is InChI=1S/C21H22FN3O3S/c1-27-17-6-7-18-19(14-17)29-21(23-18)25(9-8-24-10-12-28-13-11-24)20(26)15-2-4-16(22)5-3-15/h2-7,14H,8-13H2,1H3/p+1. The van der Waals surface area contributed by atoms with Crippen molar-refractivity contribution in [2.75, 3.05) is 51.4 Å². The summed E-state index contributed by atoms with van der Waals surface area (Å²) in [6.45, 7) is 4.66. The van der Waals surface area contributed by atoms with Crippen molar-refractivity contribution in [3.63, 3.8) is 0 Å². The molecule has 2 heterocycles. The van der Waals surface area contributed by atoms with E-state index in [1.165, 1.54) is 40.5 Å². The number of thiazole rings is 1. The molecule has 1 fully saturated rings. The Balaban J connectivity index is 1.63. The predicted molar refractivity (Wildman–Crippen MR) is 111 cm³/mol. The van der Waals surface area contributed by atoms with E-state index >= 15 is 0 Å². The number of morpholine rings is 1. The van der Waals surface area contributed by atoms with Crippen molar-refractivity contribution >= 4 is 32.6 Å². The number of methoxy groups -OCH3 is 1. The monoisotopic (exact) mass is 416 g/mol. The number of hydrogen-bond donors (Lipinski definition) is 1. The molecule has 1 amide bonds. The van der Waals surface area contributed by atoms with Crippen LogP contribution in [-0.4, -0.2) is 57.4 Å². The molecular weight excluding hydrogens is 393 g/mol. The molecule has 0 saturated carbocycles. The highest BCUT2D eigenvalue weighted by atomic mass is 32.1. The number of ether oxygens (including phenoxy) is 2. The zero-order chi connectivity index (χ0) is 20.2. The van der Waals surface area contributed by atoms with E-state index in [0.29, 0.717) is 17.2 Å². The SMILES string of the molecule is COc1ccc2nc(N(CC[NH+]3CCOCC3)C(=O)c3ccc(F)cc3)sc2c1. The molecule has 1 N–H and O–H groups in total. The first-order valence-electron chi connectivity index (χ1n) is 9.57. The molecule has 1 aliphatic rings. The Morgan fingerprint density at radius 2 is 2.00 bits per heavy atom. The minimum absolute atomic E-state index is 0.177. The first kappa shape index (κ1) is 19.8. The molecule has 0 atom stereocenters. The van der Waals surface area contributed by atoms with Gasteiger partial charge in [-0.15, -0.1) is 0 Å².